The number of carbonyl (C=O) groups is 1. The van der Waals surface area contributed by atoms with Crippen LogP contribution in [0.4, 0.5) is 19.3 Å². The van der Waals surface area contributed by atoms with Crippen LogP contribution in [0.3, 0.4) is 0 Å². The maximum absolute atomic E-state index is 13.8. The fraction of sp³-hybridized carbons (Fsp3) is 0.435. The third-order valence-electron chi connectivity index (χ3n) is 5.97. The van der Waals surface area contributed by atoms with E-state index in [0.29, 0.717) is 30.6 Å². The van der Waals surface area contributed by atoms with Crippen molar-refractivity contribution in [3.63, 3.8) is 0 Å². The number of rotatable bonds is 4. The number of urea groups is 1. The van der Waals surface area contributed by atoms with E-state index in [9.17, 15) is 13.6 Å². The minimum absolute atomic E-state index is 0.0414. The molecule has 0 aliphatic carbocycles. The molecule has 2 aliphatic rings. The van der Waals surface area contributed by atoms with Crippen LogP contribution in [-0.2, 0) is 0 Å². The van der Waals surface area contributed by atoms with E-state index in [1.807, 2.05) is 4.90 Å². The van der Waals surface area contributed by atoms with Crippen LogP contribution < -0.4 is 10.1 Å². The molecule has 2 fully saturated rings. The van der Waals surface area contributed by atoms with E-state index in [1.54, 1.807) is 30.3 Å². The second kappa shape index (κ2) is 9.43. The molecular weight excluding hydrogens is 388 g/mol. The zero-order valence-corrected chi connectivity index (χ0v) is 16.9. The van der Waals surface area contributed by atoms with Crippen LogP contribution >= 0.6 is 0 Å². The topological polar surface area (TPSA) is 44.8 Å². The molecule has 5 nitrogen and oxygen atoms in total. The Kier molecular flexibility index (Phi) is 6.47. The third kappa shape index (κ3) is 5.08. The van der Waals surface area contributed by atoms with Gasteiger partial charge in [0.05, 0.1) is 0 Å². The summed E-state index contributed by atoms with van der Waals surface area (Å²) in [7, 11) is 0. The molecule has 0 saturated carbocycles. The number of likely N-dealkylation sites (tertiary alicyclic amines) is 2. The van der Waals surface area contributed by atoms with Gasteiger partial charge >= 0.3 is 6.03 Å². The summed E-state index contributed by atoms with van der Waals surface area (Å²) >= 11 is 0. The molecule has 0 spiro atoms. The molecule has 2 saturated heterocycles. The van der Waals surface area contributed by atoms with Crippen molar-refractivity contribution in [1.29, 1.82) is 0 Å². The lowest BCUT2D eigenvalue weighted by atomic mass is 9.99. The molecule has 1 N–H and O–H groups in total. The standard InChI is InChI=1S/C23H27F2N3O2/c24-17-5-7-18(8-6-17)26-23(29)28-13-9-19(10-14-28)27-15-11-20(12-16-27)30-22-4-2-1-3-21(22)25/h1-8,19-20H,9-16H2,(H,26,29). The van der Waals surface area contributed by atoms with E-state index in [4.69, 9.17) is 4.74 Å². The maximum Gasteiger partial charge on any atom is 0.321 e. The summed E-state index contributed by atoms with van der Waals surface area (Å²) in [6.45, 7) is 3.24. The highest BCUT2D eigenvalue weighted by atomic mass is 19.1. The second-order valence-corrected chi connectivity index (χ2v) is 7.94. The molecule has 0 radical (unpaired) electrons. The van der Waals surface area contributed by atoms with Crippen LogP contribution in [0, 0.1) is 11.6 Å². The van der Waals surface area contributed by atoms with Gasteiger partial charge in [0.15, 0.2) is 11.6 Å². The third-order valence-corrected chi connectivity index (χ3v) is 5.97. The first kappa shape index (κ1) is 20.6. The Morgan fingerprint density at radius 3 is 2.23 bits per heavy atom. The zero-order chi connectivity index (χ0) is 20.9. The number of benzene rings is 2. The van der Waals surface area contributed by atoms with Crippen molar-refractivity contribution in [2.75, 3.05) is 31.5 Å². The number of halogens is 2. The number of nitrogens with one attached hydrogen (secondary N) is 1. The van der Waals surface area contributed by atoms with E-state index in [1.165, 1.54) is 18.2 Å². The fourth-order valence-electron chi connectivity index (χ4n) is 4.25. The Bertz CT molecular complexity index is 846. The average Bonchev–Trinajstić information content (AvgIpc) is 2.77. The summed E-state index contributed by atoms with van der Waals surface area (Å²) in [5.41, 5.74) is 0.598. The minimum Gasteiger partial charge on any atom is -0.487 e. The van der Waals surface area contributed by atoms with Gasteiger partial charge in [-0.05, 0) is 62.1 Å². The molecule has 0 aromatic heterocycles. The lowest BCUT2D eigenvalue weighted by Gasteiger charge is -2.41. The monoisotopic (exact) mass is 415 g/mol. The van der Waals surface area contributed by atoms with Crippen molar-refractivity contribution in [2.24, 2.45) is 0 Å². The van der Waals surface area contributed by atoms with Crippen molar-refractivity contribution < 1.29 is 18.3 Å². The van der Waals surface area contributed by atoms with Gasteiger partial charge in [-0.15, -0.1) is 0 Å². The highest BCUT2D eigenvalue weighted by molar-refractivity contribution is 5.89. The van der Waals surface area contributed by atoms with E-state index in [2.05, 4.69) is 10.2 Å². The number of anilines is 1. The van der Waals surface area contributed by atoms with Gasteiger partial charge in [-0.2, -0.15) is 0 Å². The zero-order valence-electron chi connectivity index (χ0n) is 16.9. The number of para-hydroxylation sites is 1. The number of piperidine rings is 2. The largest absolute Gasteiger partial charge is 0.487 e. The molecule has 0 atom stereocenters. The van der Waals surface area contributed by atoms with Crippen molar-refractivity contribution in [2.45, 2.75) is 37.8 Å². The molecule has 2 aromatic rings. The summed E-state index contributed by atoms with van der Waals surface area (Å²) in [5.74, 6) is -0.306. The lowest BCUT2D eigenvalue weighted by Crippen LogP contribution is -2.50. The summed E-state index contributed by atoms with van der Waals surface area (Å²) in [6.07, 6.45) is 3.64. The van der Waals surface area contributed by atoms with Gasteiger partial charge in [0.25, 0.3) is 0 Å². The quantitative estimate of drug-likeness (QED) is 0.800. The number of carbonyl (C=O) groups excluding carboxylic acids is 1. The van der Waals surface area contributed by atoms with Crippen molar-refractivity contribution >= 4 is 11.7 Å². The van der Waals surface area contributed by atoms with E-state index < -0.39 is 0 Å². The van der Waals surface area contributed by atoms with Gasteiger partial charge in [0, 0.05) is 37.9 Å². The van der Waals surface area contributed by atoms with Crippen LogP contribution in [0.25, 0.3) is 0 Å². The van der Waals surface area contributed by atoms with Crippen LogP contribution in [0.1, 0.15) is 25.7 Å². The molecule has 2 aliphatic heterocycles. The van der Waals surface area contributed by atoms with Crippen molar-refractivity contribution in [1.82, 2.24) is 9.80 Å². The van der Waals surface area contributed by atoms with Gasteiger partial charge in [-0.25, -0.2) is 13.6 Å². The molecule has 0 bridgehead atoms. The maximum atomic E-state index is 13.8. The first-order valence-electron chi connectivity index (χ1n) is 10.6. The average molecular weight is 415 g/mol. The van der Waals surface area contributed by atoms with E-state index in [-0.39, 0.29) is 23.8 Å². The van der Waals surface area contributed by atoms with Gasteiger partial charge in [0.2, 0.25) is 0 Å². The number of hydrogen-bond donors (Lipinski definition) is 1. The highest BCUT2D eigenvalue weighted by Gasteiger charge is 2.30. The first-order chi connectivity index (χ1) is 14.6. The molecule has 2 amide bonds. The normalized spacial score (nSPS) is 18.9. The van der Waals surface area contributed by atoms with Gasteiger partial charge in [0.1, 0.15) is 11.9 Å². The molecule has 2 heterocycles. The Morgan fingerprint density at radius 2 is 1.57 bits per heavy atom. The van der Waals surface area contributed by atoms with Crippen molar-refractivity contribution in [3.05, 3.63) is 60.2 Å². The molecule has 0 unspecified atom stereocenters. The van der Waals surface area contributed by atoms with Gasteiger partial charge < -0.3 is 15.0 Å². The number of hydrogen-bond acceptors (Lipinski definition) is 3. The summed E-state index contributed by atoms with van der Waals surface area (Å²) < 4.78 is 32.6. The van der Waals surface area contributed by atoms with Crippen LogP contribution in [0.2, 0.25) is 0 Å². The predicted molar refractivity (Wildman–Crippen MR) is 112 cm³/mol. The number of ether oxygens (including phenoxy) is 1. The molecule has 160 valence electrons. The lowest BCUT2D eigenvalue weighted by molar-refractivity contribution is 0.0529. The van der Waals surface area contributed by atoms with E-state index >= 15 is 0 Å². The summed E-state index contributed by atoms with van der Waals surface area (Å²) in [4.78, 5) is 16.7. The Labute approximate surface area is 175 Å². The SMILES string of the molecule is O=C(Nc1ccc(F)cc1)N1CCC(N2CCC(Oc3ccccc3F)CC2)CC1. The molecule has 2 aromatic carbocycles. The number of amides is 2. The summed E-state index contributed by atoms with van der Waals surface area (Å²) in [5, 5.41) is 2.83. The molecule has 7 heteroatoms. The first-order valence-corrected chi connectivity index (χ1v) is 10.6. The fourth-order valence-corrected chi connectivity index (χ4v) is 4.25. The smallest absolute Gasteiger partial charge is 0.321 e. The molecular formula is C23H27F2N3O2. The minimum atomic E-state index is -0.322. The van der Waals surface area contributed by atoms with Gasteiger partial charge in [-0.1, -0.05) is 12.1 Å². The molecule has 30 heavy (non-hydrogen) atoms. The van der Waals surface area contributed by atoms with E-state index in [0.717, 1.165) is 38.8 Å². The molecule has 4 rings (SSSR count). The number of nitrogens with zero attached hydrogens (tertiary/aromatic N) is 2. The van der Waals surface area contributed by atoms with Crippen LogP contribution in [-0.4, -0.2) is 54.2 Å². The predicted octanol–water partition coefficient (Wildman–Crippen LogP) is 4.50. The van der Waals surface area contributed by atoms with Crippen LogP contribution in [0.5, 0.6) is 5.75 Å². The summed E-state index contributed by atoms with van der Waals surface area (Å²) in [6, 6.07) is 12.7. The Hall–Kier alpha value is -2.67. The van der Waals surface area contributed by atoms with Gasteiger partial charge in [-0.3, -0.25) is 4.90 Å². The van der Waals surface area contributed by atoms with Crippen LogP contribution in [0.15, 0.2) is 48.5 Å². The highest BCUT2D eigenvalue weighted by Crippen LogP contribution is 2.25. The van der Waals surface area contributed by atoms with Crippen molar-refractivity contribution in [3.8, 4) is 5.75 Å². The Morgan fingerprint density at radius 1 is 0.900 bits per heavy atom. The second-order valence-electron chi connectivity index (χ2n) is 7.94. The Balaban J connectivity index is 1.21.